The van der Waals surface area contributed by atoms with E-state index in [1.54, 1.807) is 76.2 Å². The number of hydrogen-bond acceptors (Lipinski definition) is 16. The number of pyridine rings is 3. The number of rotatable bonds is 28. The zero-order chi connectivity index (χ0) is 85.9. The molecule has 6 aromatic rings. The Hall–Kier alpha value is -11.4. The molecule has 0 fully saturated rings. The fourth-order valence-corrected chi connectivity index (χ4v) is 9.45. The molecule has 0 saturated heterocycles. The highest BCUT2D eigenvalue weighted by Gasteiger charge is 2.28. The lowest BCUT2D eigenvalue weighted by Crippen LogP contribution is -2.33. The number of amides is 4. The summed E-state index contributed by atoms with van der Waals surface area (Å²) in [5.74, 6) is -11.5. The summed E-state index contributed by atoms with van der Waals surface area (Å²) in [5, 5.41) is 19.9. The second-order valence-corrected chi connectivity index (χ2v) is 28.3. The van der Waals surface area contributed by atoms with Gasteiger partial charge in [-0.15, -0.1) is 0 Å². The molecule has 21 nitrogen and oxygen atoms in total. The first-order chi connectivity index (χ1) is 53.3. The van der Waals surface area contributed by atoms with Crippen LogP contribution in [0.5, 0.6) is 0 Å². The molecule has 0 aliphatic carbocycles. The van der Waals surface area contributed by atoms with Crippen LogP contribution in [0, 0.1) is 136 Å². The van der Waals surface area contributed by atoms with Crippen LogP contribution >= 0.6 is 0 Å². The average molecular weight is 1610 g/mol. The summed E-state index contributed by atoms with van der Waals surface area (Å²) in [6, 6.07) is 17.2. The molecular weight excluding hydrogens is 1520 g/mol. The molecule has 0 aliphatic heterocycles. The lowest BCUT2D eigenvalue weighted by molar-refractivity contribution is -0.144. The van der Waals surface area contributed by atoms with E-state index in [-0.39, 0.29) is 71.4 Å². The molecule has 11 N–H and O–H groups in total. The van der Waals surface area contributed by atoms with E-state index < -0.39 is 140 Å². The number of ether oxygens (including phenoxy) is 2. The smallest absolute Gasteiger partial charge is 0.407 e. The highest BCUT2D eigenvalue weighted by Crippen LogP contribution is 2.25. The normalized spacial score (nSPS) is 11.9. The highest BCUT2D eigenvalue weighted by molar-refractivity contribution is 5.97. The Bertz CT molecular complexity index is 4430. The molecule has 0 radical (unpaired) electrons. The van der Waals surface area contributed by atoms with E-state index in [1.165, 1.54) is 72.8 Å². The Labute approximate surface area is 652 Å². The third kappa shape index (κ3) is 35.1. The molecule has 4 amide bonds. The third-order valence-electron chi connectivity index (χ3n) is 15.7. The summed E-state index contributed by atoms with van der Waals surface area (Å²) >= 11 is 0. The van der Waals surface area contributed by atoms with Crippen molar-refractivity contribution in [2.24, 2.45) is 41.1 Å². The number of carbonyl (C=O) groups is 8. The molecule has 0 bridgehead atoms. The van der Waals surface area contributed by atoms with Crippen LogP contribution in [0.3, 0.4) is 0 Å². The van der Waals surface area contributed by atoms with Gasteiger partial charge in [-0.2, -0.15) is 41.3 Å². The molecule has 0 spiro atoms. The van der Waals surface area contributed by atoms with Crippen LogP contribution in [-0.2, 0) is 38.2 Å². The summed E-state index contributed by atoms with van der Waals surface area (Å²) in [6.07, 6.45) is 4.31. The Balaban J connectivity index is 0.000000410. The van der Waals surface area contributed by atoms with Crippen molar-refractivity contribution in [3.05, 3.63) is 177 Å². The minimum absolute atomic E-state index is 0.00775. The number of carboxylic acids is 1. The van der Waals surface area contributed by atoms with Crippen LogP contribution in [0.15, 0.2) is 72.8 Å². The molecule has 616 valence electrons. The van der Waals surface area contributed by atoms with Crippen LogP contribution in [0.25, 0.3) is 0 Å². The minimum atomic E-state index is -1.80. The number of carboxylic acid groups (broad SMARTS) is 1. The minimum Gasteiger partial charge on any atom is -0.481 e. The maximum Gasteiger partial charge on any atom is 0.407 e. The number of aliphatic carboxylic acids is 1. The molecule has 3 heterocycles. The lowest BCUT2D eigenvalue weighted by atomic mass is 9.91. The van der Waals surface area contributed by atoms with Crippen molar-refractivity contribution in [1.29, 1.82) is 0 Å². The van der Waals surface area contributed by atoms with Gasteiger partial charge in [0.05, 0.1) is 12.0 Å². The maximum atomic E-state index is 13.8. The van der Waals surface area contributed by atoms with Gasteiger partial charge in [-0.05, 0) is 166 Å². The number of unbranched alkanes of at least 4 members (excludes halogenated alkanes) is 3. The number of nitrogens with zero attached hydrogens (tertiary/aromatic N) is 3. The van der Waals surface area contributed by atoms with Gasteiger partial charge >= 0.3 is 18.2 Å². The number of nitrogens with two attached hydrogens (primary N) is 3. The van der Waals surface area contributed by atoms with Gasteiger partial charge in [0.2, 0.25) is 11.8 Å². The van der Waals surface area contributed by atoms with E-state index >= 15 is 0 Å². The number of halogens is 12. The molecule has 3 aromatic heterocycles. The number of alkyl carbamates (subject to hydrolysis) is 2. The molecule has 4 atom stereocenters. The summed E-state index contributed by atoms with van der Waals surface area (Å²) in [7, 11) is 0. The lowest BCUT2D eigenvalue weighted by Gasteiger charge is -2.20. The number of nitrogens with one attached hydrogen (secondary N) is 4. The topological polar surface area (TPSA) is 340 Å². The standard InChI is InChI=1S/C29H33F4N3O4.C23H24F4N4O2.C16H29NO5.C13H6F4N2/c1-17(2)22(37)16-19(8-6-7-15-34-28(39)40-29(3,4)5)27(38)35-20-12-9-18(10-13-20)11-14-21-23(30)25(32)36-26(33)24(21)31;1-13(29)18(32)12-15(4-2-3-11-28)23(33)30-16-8-5-14(6-9-16)7-10-17-19(24)21(26)31-22(27)20(17)25;1-11(2)13(18)10-12(14(19)20)8-6-7-9-17-15(21)22-16(3,4)5;14-10-9(11(15)13(17)19-12(10)16)6-3-7-1-4-8(18)5-2-7/h9-10,12-13,17,19H,6-8,15-16H2,1-5H3,(H,34,39)(H,35,38);5-6,8-9,13,15H,2-4,11-12,28-29H2,1H3,(H,30,33);11-12H,6-10H2,1-5H3,(H,17,21)(H,19,20);1-2,4-5H,18H2/t;13-,15?;;/m.0../s1. The molecule has 114 heavy (non-hydrogen) atoms. The van der Waals surface area contributed by atoms with Crippen LogP contribution < -0.4 is 38.5 Å². The predicted molar refractivity (Wildman–Crippen MR) is 401 cm³/mol. The molecule has 6 rings (SSSR count). The average Bonchev–Trinajstić information content (AvgIpc) is 0.828. The largest absolute Gasteiger partial charge is 0.481 e. The zero-order valence-electron chi connectivity index (χ0n) is 64.6. The summed E-state index contributed by atoms with van der Waals surface area (Å²) < 4.78 is 170. The molecule has 33 heteroatoms. The van der Waals surface area contributed by atoms with E-state index in [2.05, 4.69) is 65.8 Å². The van der Waals surface area contributed by atoms with Crippen molar-refractivity contribution in [3.8, 4) is 35.5 Å². The van der Waals surface area contributed by atoms with Crippen molar-refractivity contribution < 1.29 is 106 Å². The van der Waals surface area contributed by atoms with Crippen molar-refractivity contribution in [3.63, 3.8) is 0 Å². The number of anilines is 3. The van der Waals surface area contributed by atoms with Crippen molar-refractivity contribution in [1.82, 2.24) is 25.6 Å². The Morgan fingerprint density at radius 1 is 0.421 bits per heavy atom. The van der Waals surface area contributed by atoms with Gasteiger partial charge in [-0.3, -0.25) is 28.8 Å². The maximum absolute atomic E-state index is 13.8. The quantitative estimate of drug-likeness (QED) is 0.00744. The van der Waals surface area contributed by atoms with Crippen molar-refractivity contribution in [2.75, 3.05) is 36.0 Å². The van der Waals surface area contributed by atoms with E-state index in [4.69, 9.17) is 31.8 Å². The van der Waals surface area contributed by atoms with Gasteiger partial charge < -0.3 is 53.0 Å². The number of ketones is 3. The molecule has 3 unspecified atom stereocenters. The fourth-order valence-electron chi connectivity index (χ4n) is 9.45. The van der Waals surface area contributed by atoms with Crippen LogP contribution in [-0.4, -0.2) is 104 Å². The number of aromatic nitrogens is 3. The van der Waals surface area contributed by atoms with E-state index in [9.17, 15) is 91.0 Å². The summed E-state index contributed by atoms with van der Waals surface area (Å²) in [6.45, 7) is 20.5. The Kier molecular flexibility index (Phi) is 40.1. The van der Waals surface area contributed by atoms with Gasteiger partial charge in [0.1, 0.15) is 45.2 Å². The van der Waals surface area contributed by atoms with Gasteiger partial charge in [0.15, 0.2) is 34.9 Å². The Morgan fingerprint density at radius 2 is 0.702 bits per heavy atom. The monoisotopic (exact) mass is 1610 g/mol. The summed E-state index contributed by atoms with van der Waals surface area (Å²) in [4.78, 5) is 103. The van der Waals surface area contributed by atoms with Gasteiger partial charge in [-0.1, -0.05) is 82.5 Å². The second-order valence-electron chi connectivity index (χ2n) is 28.3. The van der Waals surface area contributed by atoms with Crippen molar-refractivity contribution >= 4 is 64.4 Å². The number of Topliss-reactive ketones (excluding diaryl/α,β-unsaturated/α-hetero) is 3. The van der Waals surface area contributed by atoms with E-state index in [0.717, 1.165) is 6.42 Å². The molecular formula is C81H92F12N10O11. The SMILES string of the molecule is CC(C)C(=O)CC(CCCCNC(=O)OC(C)(C)C)C(=O)Nc1ccc(C#Cc2c(F)c(F)nc(F)c2F)cc1.CC(C)C(=O)CC(CCCCNC(=O)OC(C)(C)C)C(=O)O.C[C@H](N)C(=O)CC(CCCCN)C(=O)Nc1ccc(C#Cc2c(F)c(F)nc(F)c2F)cc1.Nc1ccc(C#Cc2c(F)c(F)nc(F)c2F)cc1. The van der Waals surface area contributed by atoms with Crippen LogP contribution in [0.4, 0.5) is 79.3 Å². The van der Waals surface area contributed by atoms with E-state index in [0.29, 0.717) is 93.6 Å². The third-order valence-corrected chi connectivity index (χ3v) is 15.7. The zero-order valence-corrected chi connectivity index (χ0v) is 64.6. The first kappa shape index (κ1) is 96.8. The first-order valence-corrected chi connectivity index (χ1v) is 35.9. The molecule has 0 saturated carbocycles. The number of benzene rings is 3. The number of hydrogen-bond donors (Lipinski definition) is 8. The van der Waals surface area contributed by atoms with Gasteiger partial charge in [0, 0.05) is 89.8 Å². The first-order valence-electron chi connectivity index (χ1n) is 35.9. The van der Waals surface area contributed by atoms with Crippen molar-refractivity contribution in [2.45, 2.75) is 170 Å². The second kappa shape index (κ2) is 47.2. The van der Waals surface area contributed by atoms with Crippen LogP contribution in [0.1, 0.15) is 187 Å². The van der Waals surface area contributed by atoms with Gasteiger partial charge in [-0.25, -0.2) is 35.9 Å². The van der Waals surface area contributed by atoms with E-state index in [1.807, 2.05) is 5.92 Å². The summed E-state index contributed by atoms with van der Waals surface area (Å²) in [5.41, 5.74) is 14.5. The number of nitrogen functional groups attached to an aromatic ring is 1. The molecule has 0 aliphatic rings. The predicted octanol–water partition coefficient (Wildman–Crippen LogP) is 14.5. The fraction of sp³-hybridized carbons (Fsp3) is 0.420. The van der Waals surface area contributed by atoms with Gasteiger partial charge in [0.25, 0.3) is 35.7 Å². The number of carbonyl (C=O) groups excluding carboxylic acids is 7. The Morgan fingerprint density at radius 3 is 0.982 bits per heavy atom. The molecule has 3 aromatic carbocycles. The van der Waals surface area contributed by atoms with Crippen LogP contribution in [0.2, 0.25) is 0 Å². The highest BCUT2D eigenvalue weighted by atomic mass is 19.2.